The van der Waals surface area contributed by atoms with E-state index in [1.165, 1.54) is 5.56 Å². The number of rotatable bonds is 2. The fraction of sp³-hybridized carbons (Fsp3) is 0.143. The Bertz CT molecular complexity index is 1410. The molecule has 0 spiro atoms. The highest BCUT2D eigenvalue weighted by atomic mass is 16.5. The number of aromatic nitrogens is 3. The van der Waals surface area contributed by atoms with E-state index in [2.05, 4.69) is 21.9 Å². The second-order valence-corrected chi connectivity index (χ2v) is 7.99. The minimum absolute atomic E-state index is 0. The molecule has 0 saturated carbocycles. The molecule has 8 nitrogen and oxygen atoms in total. The quantitative estimate of drug-likeness (QED) is 0.438. The molecular formula is C28H27N5O3. The fourth-order valence-electron chi connectivity index (χ4n) is 3.51. The molecule has 182 valence electrons. The fourth-order valence-corrected chi connectivity index (χ4v) is 3.51. The third-order valence-electron chi connectivity index (χ3n) is 5.38. The van der Waals surface area contributed by atoms with Crippen LogP contribution < -0.4 is 15.4 Å². The van der Waals surface area contributed by atoms with E-state index in [1.807, 2.05) is 66.7 Å². The Labute approximate surface area is 210 Å². The van der Waals surface area contributed by atoms with Gasteiger partial charge in [0.1, 0.15) is 11.4 Å². The van der Waals surface area contributed by atoms with Crippen LogP contribution in [0.15, 0.2) is 85.3 Å². The second kappa shape index (κ2) is 11.5. The Balaban J connectivity index is 0.000000211. The van der Waals surface area contributed by atoms with Gasteiger partial charge < -0.3 is 15.4 Å². The van der Waals surface area contributed by atoms with Gasteiger partial charge in [0.15, 0.2) is 0 Å². The molecule has 0 saturated heterocycles. The van der Waals surface area contributed by atoms with E-state index in [-0.39, 0.29) is 7.33 Å². The van der Waals surface area contributed by atoms with Crippen molar-refractivity contribution in [3.8, 4) is 17.6 Å². The molecule has 1 aliphatic heterocycles. The molecule has 2 aromatic heterocycles. The summed E-state index contributed by atoms with van der Waals surface area (Å²) in [6.07, 6.45) is 6.16. The molecule has 2 N–H and O–H groups in total. The summed E-state index contributed by atoms with van der Waals surface area (Å²) in [5.74, 6) is 6.82. The standard InChI is InChI=1S/C17H14N2O2.C11H11N3O.H2/c1-19-15-12-13(5-7-14-4-2-3-10-18-14)6-8-16(15)21-11-9-17(19)20;12-11(15)14-8-10(7-13-14)6-9-4-2-1-3-5-9;/h2-4,6,8,10,12H,9,11H2,1H3;1-5,7-8H,6H2,(H2,12,15);1H. The van der Waals surface area contributed by atoms with Crippen molar-refractivity contribution < 1.29 is 15.8 Å². The summed E-state index contributed by atoms with van der Waals surface area (Å²) >= 11 is 0. The molecule has 3 heterocycles. The maximum atomic E-state index is 11.9. The predicted molar refractivity (Wildman–Crippen MR) is 139 cm³/mol. The van der Waals surface area contributed by atoms with E-state index in [1.54, 1.807) is 30.5 Å². The zero-order chi connectivity index (χ0) is 25.3. The highest BCUT2D eigenvalue weighted by molar-refractivity contribution is 5.95. The largest absolute Gasteiger partial charge is 0.491 e. The first-order valence-corrected chi connectivity index (χ1v) is 11.3. The third-order valence-corrected chi connectivity index (χ3v) is 5.38. The molecule has 4 aromatic rings. The lowest BCUT2D eigenvalue weighted by Gasteiger charge is -2.16. The topological polar surface area (TPSA) is 103 Å². The molecule has 2 aromatic carbocycles. The number of nitrogens with zero attached hydrogens (tertiary/aromatic N) is 4. The lowest BCUT2D eigenvalue weighted by molar-refractivity contribution is -0.118. The van der Waals surface area contributed by atoms with Crippen molar-refractivity contribution >= 4 is 17.6 Å². The number of benzene rings is 2. The van der Waals surface area contributed by atoms with E-state index in [0.29, 0.717) is 24.5 Å². The lowest BCUT2D eigenvalue weighted by atomic mass is 10.1. The first kappa shape index (κ1) is 24.2. The number of carbonyl (C=O) groups is 2. The number of fused-ring (bicyclic) bond motifs is 1. The maximum Gasteiger partial charge on any atom is 0.339 e. The summed E-state index contributed by atoms with van der Waals surface area (Å²) in [6, 6.07) is 20.6. The van der Waals surface area contributed by atoms with Crippen molar-refractivity contribution in [2.75, 3.05) is 18.6 Å². The van der Waals surface area contributed by atoms with Crippen LogP contribution in [0.3, 0.4) is 0 Å². The summed E-state index contributed by atoms with van der Waals surface area (Å²) in [6.45, 7) is 0.412. The van der Waals surface area contributed by atoms with Gasteiger partial charge in [-0.3, -0.25) is 4.79 Å². The molecular weight excluding hydrogens is 454 g/mol. The summed E-state index contributed by atoms with van der Waals surface area (Å²) < 4.78 is 6.72. The monoisotopic (exact) mass is 481 g/mol. The summed E-state index contributed by atoms with van der Waals surface area (Å²) in [5, 5.41) is 3.85. The van der Waals surface area contributed by atoms with E-state index in [9.17, 15) is 9.59 Å². The van der Waals surface area contributed by atoms with Gasteiger partial charge >= 0.3 is 6.03 Å². The molecule has 0 radical (unpaired) electrons. The number of pyridine rings is 1. The summed E-state index contributed by atoms with van der Waals surface area (Å²) in [4.78, 5) is 28.4. The van der Waals surface area contributed by atoms with Crippen LogP contribution in [0.5, 0.6) is 5.75 Å². The first-order valence-electron chi connectivity index (χ1n) is 11.3. The number of carbonyl (C=O) groups excluding carboxylic acids is 2. The smallest absolute Gasteiger partial charge is 0.339 e. The van der Waals surface area contributed by atoms with Gasteiger partial charge in [-0.15, -0.1) is 0 Å². The maximum absolute atomic E-state index is 11.9. The average Bonchev–Trinajstić information content (AvgIpc) is 3.32. The van der Waals surface area contributed by atoms with Crippen LogP contribution >= 0.6 is 0 Å². The molecule has 0 atom stereocenters. The predicted octanol–water partition coefficient (Wildman–Crippen LogP) is 3.87. The molecule has 5 rings (SSSR count). The molecule has 0 aliphatic carbocycles. The van der Waals surface area contributed by atoms with Gasteiger partial charge in [-0.1, -0.05) is 42.3 Å². The van der Waals surface area contributed by atoms with Gasteiger partial charge in [-0.2, -0.15) is 9.78 Å². The van der Waals surface area contributed by atoms with Crippen LogP contribution in [0.2, 0.25) is 0 Å². The number of primary amides is 1. The van der Waals surface area contributed by atoms with Crippen molar-refractivity contribution in [3.63, 3.8) is 0 Å². The Hall–Kier alpha value is -4.90. The number of amides is 2. The highest BCUT2D eigenvalue weighted by Crippen LogP contribution is 2.31. The molecule has 0 bridgehead atoms. The van der Waals surface area contributed by atoms with Crippen LogP contribution in [0.4, 0.5) is 10.5 Å². The number of hydrogen-bond acceptors (Lipinski definition) is 5. The molecule has 0 unspecified atom stereocenters. The second-order valence-electron chi connectivity index (χ2n) is 7.99. The number of ether oxygens (including phenoxy) is 1. The van der Waals surface area contributed by atoms with Crippen LogP contribution in [0.25, 0.3) is 0 Å². The van der Waals surface area contributed by atoms with Gasteiger partial charge in [-0.25, -0.2) is 9.78 Å². The molecule has 1 aliphatic rings. The van der Waals surface area contributed by atoms with Crippen LogP contribution in [-0.4, -0.2) is 40.4 Å². The van der Waals surface area contributed by atoms with E-state index < -0.39 is 6.03 Å². The Morgan fingerprint density at radius 3 is 2.61 bits per heavy atom. The Kier molecular flexibility index (Phi) is 7.73. The lowest BCUT2D eigenvalue weighted by Crippen LogP contribution is -2.25. The van der Waals surface area contributed by atoms with E-state index >= 15 is 0 Å². The first-order chi connectivity index (χ1) is 17.5. The zero-order valence-corrected chi connectivity index (χ0v) is 19.8. The van der Waals surface area contributed by atoms with E-state index in [4.69, 9.17) is 10.5 Å². The van der Waals surface area contributed by atoms with Crippen molar-refractivity contribution in [1.82, 2.24) is 14.8 Å². The molecule has 2 amide bonds. The van der Waals surface area contributed by atoms with Gasteiger partial charge in [0.05, 0.1) is 24.9 Å². The van der Waals surface area contributed by atoms with Crippen molar-refractivity contribution in [3.05, 3.63) is 108 Å². The third kappa shape index (κ3) is 6.36. The molecule has 36 heavy (non-hydrogen) atoms. The average molecular weight is 482 g/mol. The van der Waals surface area contributed by atoms with Crippen LogP contribution in [0.1, 0.15) is 30.2 Å². The van der Waals surface area contributed by atoms with Gasteiger partial charge in [0.25, 0.3) is 0 Å². The van der Waals surface area contributed by atoms with Gasteiger partial charge in [-0.05, 0) is 47.4 Å². The normalized spacial score (nSPS) is 12.1. The number of anilines is 1. The summed E-state index contributed by atoms with van der Waals surface area (Å²) in [7, 11) is 1.76. The summed E-state index contributed by atoms with van der Waals surface area (Å²) in [5.41, 5.74) is 9.53. The minimum Gasteiger partial charge on any atom is -0.491 e. The van der Waals surface area contributed by atoms with Gasteiger partial charge in [0.2, 0.25) is 5.91 Å². The van der Waals surface area contributed by atoms with Crippen LogP contribution in [-0.2, 0) is 11.2 Å². The molecule has 0 fully saturated rings. The van der Waals surface area contributed by atoms with Crippen molar-refractivity contribution in [1.29, 1.82) is 0 Å². The minimum atomic E-state index is -0.561. The number of nitrogens with two attached hydrogens (primary N) is 1. The Morgan fingerprint density at radius 1 is 1.08 bits per heavy atom. The zero-order valence-electron chi connectivity index (χ0n) is 19.8. The van der Waals surface area contributed by atoms with Crippen molar-refractivity contribution in [2.45, 2.75) is 12.8 Å². The highest BCUT2D eigenvalue weighted by Gasteiger charge is 2.19. The van der Waals surface area contributed by atoms with Crippen LogP contribution in [0, 0.1) is 11.8 Å². The van der Waals surface area contributed by atoms with Crippen molar-refractivity contribution in [2.24, 2.45) is 5.73 Å². The van der Waals surface area contributed by atoms with Gasteiger partial charge in [0, 0.05) is 32.9 Å². The number of hydrogen-bond donors (Lipinski definition) is 1. The van der Waals surface area contributed by atoms with E-state index in [0.717, 1.165) is 27.9 Å². The Morgan fingerprint density at radius 2 is 1.89 bits per heavy atom. The SMILES string of the molecule is CN1C(=O)CCOc2ccc(C#Cc3ccccn3)cc21.NC(=O)n1cc(Cc2ccccc2)cn1.[HH]. The molecule has 8 heteroatoms.